The van der Waals surface area contributed by atoms with Crippen molar-refractivity contribution in [1.29, 1.82) is 0 Å². The van der Waals surface area contributed by atoms with Gasteiger partial charge in [-0.2, -0.15) is 0 Å². The number of hydrogen-bond donors (Lipinski definition) is 2. The lowest BCUT2D eigenvalue weighted by Gasteiger charge is -2.21. The zero-order valence-electron chi connectivity index (χ0n) is 12.1. The molecule has 2 rings (SSSR count). The van der Waals surface area contributed by atoms with Gasteiger partial charge in [0.25, 0.3) is 5.69 Å². The smallest absolute Gasteiger partial charge is 0.292 e. The van der Waals surface area contributed by atoms with Gasteiger partial charge in [0.15, 0.2) is 5.79 Å². The fraction of sp³-hybridized carbons (Fsp3) is 0.571. The van der Waals surface area contributed by atoms with Crippen LogP contribution in [0.2, 0.25) is 0 Å². The molecule has 3 N–H and O–H groups in total. The molecule has 0 amide bonds. The van der Waals surface area contributed by atoms with Gasteiger partial charge in [-0.05, 0) is 31.9 Å². The van der Waals surface area contributed by atoms with Crippen molar-refractivity contribution in [3.63, 3.8) is 0 Å². The van der Waals surface area contributed by atoms with Gasteiger partial charge in [-0.15, -0.1) is 0 Å². The second-order valence-corrected chi connectivity index (χ2v) is 5.25. The number of ether oxygens (including phenoxy) is 2. The number of unbranched alkanes of at least 4 members (excludes halogenated alkanes) is 1. The molecule has 1 saturated heterocycles. The number of nitrogen functional groups attached to an aromatic ring is 1. The van der Waals surface area contributed by atoms with E-state index in [2.05, 4.69) is 5.32 Å². The van der Waals surface area contributed by atoms with E-state index >= 15 is 0 Å². The van der Waals surface area contributed by atoms with Gasteiger partial charge in [0.05, 0.1) is 18.1 Å². The summed E-state index contributed by atoms with van der Waals surface area (Å²) in [6.07, 6.45) is 2.60. The first-order valence-corrected chi connectivity index (χ1v) is 7.06. The molecule has 7 heteroatoms. The van der Waals surface area contributed by atoms with Crippen LogP contribution in [0.5, 0.6) is 0 Å². The summed E-state index contributed by atoms with van der Waals surface area (Å²) in [6.45, 7) is 3.87. The van der Waals surface area contributed by atoms with Gasteiger partial charge in [-0.25, -0.2) is 0 Å². The topological polar surface area (TPSA) is 99.7 Å². The van der Waals surface area contributed by atoms with Crippen LogP contribution in [-0.2, 0) is 9.47 Å². The van der Waals surface area contributed by atoms with Crippen molar-refractivity contribution in [2.24, 2.45) is 0 Å². The van der Waals surface area contributed by atoms with Gasteiger partial charge in [-0.3, -0.25) is 10.1 Å². The first-order chi connectivity index (χ1) is 10.0. The molecule has 1 aromatic rings. The summed E-state index contributed by atoms with van der Waals surface area (Å²) in [5.74, 6) is -0.469. The largest absolute Gasteiger partial charge is 0.399 e. The highest BCUT2D eigenvalue weighted by Gasteiger charge is 2.29. The molecule has 7 nitrogen and oxygen atoms in total. The van der Waals surface area contributed by atoms with Crippen LogP contribution in [0.15, 0.2) is 18.2 Å². The van der Waals surface area contributed by atoms with Crippen LogP contribution in [0, 0.1) is 10.1 Å². The summed E-state index contributed by atoms with van der Waals surface area (Å²) >= 11 is 0. The Balaban J connectivity index is 1.78. The van der Waals surface area contributed by atoms with Crippen molar-refractivity contribution in [2.45, 2.75) is 32.0 Å². The van der Waals surface area contributed by atoms with Crippen molar-refractivity contribution in [2.75, 3.05) is 30.8 Å². The Morgan fingerprint density at radius 1 is 1.38 bits per heavy atom. The predicted octanol–water partition coefficient (Wildman–Crippen LogP) is 2.52. The van der Waals surface area contributed by atoms with Crippen LogP contribution in [0.1, 0.15) is 26.2 Å². The maximum Gasteiger partial charge on any atom is 0.292 e. The van der Waals surface area contributed by atoms with E-state index in [1.54, 1.807) is 6.07 Å². The van der Waals surface area contributed by atoms with E-state index in [0.29, 0.717) is 31.1 Å². The summed E-state index contributed by atoms with van der Waals surface area (Å²) in [5.41, 5.74) is 6.66. The van der Waals surface area contributed by atoms with Crippen LogP contribution < -0.4 is 11.1 Å². The Morgan fingerprint density at radius 3 is 2.76 bits per heavy atom. The number of nitro benzene ring substituents is 1. The standard InChI is InChI=1S/C14H21N3O4/c1-14(20-8-9-21-14)6-2-3-7-16-12-10-11(15)4-5-13(12)17(18)19/h4-5,10,16H,2-3,6-9,15H2,1H3. The number of benzene rings is 1. The molecule has 21 heavy (non-hydrogen) atoms. The maximum atomic E-state index is 10.9. The molecule has 1 aliphatic rings. The molecule has 1 heterocycles. The Morgan fingerprint density at radius 2 is 2.10 bits per heavy atom. The third-order valence-electron chi connectivity index (χ3n) is 3.49. The normalized spacial score (nSPS) is 16.8. The molecular formula is C14H21N3O4. The number of nitrogens with one attached hydrogen (secondary N) is 1. The van der Waals surface area contributed by atoms with Gasteiger partial charge in [0.1, 0.15) is 5.69 Å². The summed E-state index contributed by atoms with van der Waals surface area (Å²) < 4.78 is 11.0. The quantitative estimate of drug-likeness (QED) is 0.347. The molecule has 116 valence electrons. The average Bonchev–Trinajstić information content (AvgIpc) is 2.85. The molecular weight excluding hydrogens is 274 g/mol. The number of nitrogens with zero attached hydrogens (tertiary/aromatic N) is 1. The minimum absolute atomic E-state index is 0.0404. The summed E-state index contributed by atoms with van der Waals surface area (Å²) in [6, 6.07) is 4.53. The molecule has 1 aliphatic heterocycles. The lowest BCUT2D eigenvalue weighted by atomic mass is 10.1. The molecule has 0 aromatic heterocycles. The van der Waals surface area contributed by atoms with E-state index < -0.39 is 10.7 Å². The SMILES string of the molecule is CC1(CCCCNc2cc(N)ccc2[N+](=O)[O-])OCCO1. The third kappa shape index (κ3) is 4.30. The number of nitro groups is 1. The summed E-state index contributed by atoms with van der Waals surface area (Å²) in [7, 11) is 0. The molecule has 0 radical (unpaired) electrons. The minimum Gasteiger partial charge on any atom is -0.399 e. The third-order valence-corrected chi connectivity index (χ3v) is 3.49. The predicted molar refractivity (Wildman–Crippen MR) is 80.2 cm³/mol. The monoisotopic (exact) mass is 295 g/mol. The van der Waals surface area contributed by atoms with Crippen LogP contribution in [-0.4, -0.2) is 30.5 Å². The van der Waals surface area contributed by atoms with E-state index in [9.17, 15) is 10.1 Å². The number of hydrogen-bond acceptors (Lipinski definition) is 6. The van der Waals surface area contributed by atoms with Crippen molar-refractivity contribution < 1.29 is 14.4 Å². The van der Waals surface area contributed by atoms with Gasteiger partial charge in [0.2, 0.25) is 0 Å². The van der Waals surface area contributed by atoms with Crippen LogP contribution in [0.25, 0.3) is 0 Å². The molecule has 0 atom stereocenters. The summed E-state index contributed by atoms with van der Waals surface area (Å²) in [5, 5.41) is 14.0. The van der Waals surface area contributed by atoms with Crippen LogP contribution in [0.3, 0.4) is 0 Å². The number of nitrogens with two attached hydrogens (primary N) is 1. The van der Waals surface area contributed by atoms with E-state index in [4.69, 9.17) is 15.2 Å². The molecule has 1 fully saturated rings. The fourth-order valence-corrected chi connectivity index (χ4v) is 2.35. The van der Waals surface area contributed by atoms with Gasteiger partial charge >= 0.3 is 0 Å². The second kappa shape index (κ2) is 6.73. The average molecular weight is 295 g/mol. The Labute approximate surface area is 123 Å². The van der Waals surface area contributed by atoms with Crippen LogP contribution in [0.4, 0.5) is 17.1 Å². The Kier molecular flexibility index (Phi) is 4.98. The minimum atomic E-state index is -0.469. The van der Waals surface area contributed by atoms with E-state index in [0.717, 1.165) is 19.3 Å². The Hall–Kier alpha value is -1.86. The zero-order chi connectivity index (χ0) is 15.3. The lowest BCUT2D eigenvalue weighted by molar-refractivity contribution is -0.383. The fourth-order valence-electron chi connectivity index (χ4n) is 2.35. The molecule has 0 unspecified atom stereocenters. The molecule has 0 spiro atoms. The van der Waals surface area contributed by atoms with E-state index in [-0.39, 0.29) is 5.69 Å². The highest BCUT2D eigenvalue weighted by Crippen LogP contribution is 2.27. The highest BCUT2D eigenvalue weighted by atomic mass is 16.7. The summed E-state index contributed by atoms with van der Waals surface area (Å²) in [4.78, 5) is 10.5. The van der Waals surface area contributed by atoms with Gasteiger partial charge < -0.3 is 20.5 Å². The van der Waals surface area contributed by atoms with Crippen molar-refractivity contribution >= 4 is 17.1 Å². The number of anilines is 2. The maximum absolute atomic E-state index is 10.9. The highest BCUT2D eigenvalue weighted by molar-refractivity contribution is 5.67. The molecule has 1 aromatic carbocycles. The molecule has 0 aliphatic carbocycles. The number of rotatable bonds is 7. The van der Waals surface area contributed by atoms with Crippen molar-refractivity contribution in [3.8, 4) is 0 Å². The lowest BCUT2D eigenvalue weighted by Crippen LogP contribution is -2.25. The van der Waals surface area contributed by atoms with Crippen LogP contribution >= 0.6 is 0 Å². The van der Waals surface area contributed by atoms with E-state index in [1.165, 1.54) is 12.1 Å². The van der Waals surface area contributed by atoms with Crippen molar-refractivity contribution in [3.05, 3.63) is 28.3 Å². The first-order valence-electron chi connectivity index (χ1n) is 7.06. The molecule has 0 bridgehead atoms. The van der Waals surface area contributed by atoms with Gasteiger partial charge in [-0.1, -0.05) is 0 Å². The zero-order valence-corrected chi connectivity index (χ0v) is 12.1. The molecule has 0 saturated carbocycles. The first kappa shape index (κ1) is 15.5. The van der Waals surface area contributed by atoms with Gasteiger partial charge in [0, 0.05) is 24.7 Å². The Bertz CT molecular complexity index is 501. The van der Waals surface area contributed by atoms with Crippen molar-refractivity contribution in [1.82, 2.24) is 0 Å². The van der Waals surface area contributed by atoms with E-state index in [1.807, 2.05) is 6.92 Å². The second-order valence-electron chi connectivity index (χ2n) is 5.25.